The molecule has 0 fully saturated rings. The van der Waals surface area contributed by atoms with Crippen LogP contribution in [0, 0.1) is 5.82 Å². The van der Waals surface area contributed by atoms with E-state index in [0.29, 0.717) is 12.1 Å². The van der Waals surface area contributed by atoms with E-state index in [-0.39, 0.29) is 5.56 Å². The zero-order chi connectivity index (χ0) is 15.0. The lowest BCUT2D eigenvalue weighted by Gasteiger charge is -2.24. The molecule has 0 aromatic heterocycles. The van der Waals surface area contributed by atoms with E-state index in [1.165, 1.54) is 0 Å². The number of alkyl halides is 4. The molecule has 0 heterocycles. The first-order chi connectivity index (χ1) is 8.48. The van der Waals surface area contributed by atoms with Gasteiger partial charge in [-0.25, -0.2) is 13.6 Å². The Bertz CT molecular complexity index is 498. The van der Waals surface area contributed by atoms with E-state index in [9.17, 15) is 26.7 Å². The average molecular weight is 283 g/mol. The lowest BCUT2D eigenvalue weighted by Crippen LogP contribution is -2.47. The molecular formula is C11H10F5NO2. The SMILES string of the molecule is CC(c1ccc(F)c(C(F)(F)F)c1)C(N)(F)C(=O)O. The monoisotopic (exact) mass is 283 g/mol. The number of nitrogens with two attached hydrogens (primary N) is 1. The summed E-state index contributed by atoms with van der Waals surface area (Å²) in [6, 6.07) is 1.70. The normalized spacial score (nSPS) is 16.8. The van der Waals surface area contributed by atoms with Crippen LogP contribution in [0.15, 0.2) is 18.2 Å². The summed E-state index contributed by atoms with van der Waals surface area (Å²) in [5.41, 5.74) is 2.93. The Balaban J connectivity index is 3.27. The van der Waals surface area contributed by atoms with Crippen molar-refractivity contribution >= 4 is 5.97 Å². The van der Waals surface area contributed by atoms with E-state index in [1.807, 2.05) is 0 Å². The topological polar surface area (TPSA) is 63.3 Å². The summed E-state index contributed by atoms with van der Waals surface area (Å²) in [6.07, 6.45) is -4.96. The van der Waals surface area contributed by atoms with Crippen molar-refractivity contribution in [3.8, 4) is 0 Å². The zero-order valence-electron chi connectivity index (χ0n) is 9.63. The average Bonchev–Trinajstić information content (AvgIpc) is 2.26. The lowest BCUT2D eigenvalue weighted by atomic mass is 9.90. The summed E-state index contributed by atoms with van der Waals surface area (Å²) in [5, 5.41) is 8.56. The van der Waals surface area contributed by atoms with Crippen molar-refractivity contribution in [2.24, 2.45) is 5.73 Å². The molecule has 1 aromatic carbocycles. The van der Waals surface area contributed by atoms with Crippen molar-refractivity contribution in [2.45, 2.75) is 24.8 Å². The molecule has 0 aliphatic heterocycles. The van der Waals surface area contributed by atoms with Crippen LogP contribution in [0.1, 0.15) is 24.0 Å². The van der Waals surface area contributed by atoms with E-state index in [0.717, 1.165) is 13.0 Å². The molecule has 1 aromatic rings. The Morgan fingerprint density at radius 2 is 1.84 bits per heavy atom. The molecule has 1 rings (SSSR count). The van der Waals surface area contributed by atoms with Gasteiger partial charge in [-0.2, -0.15) is 13.2 Å². The highest BCUT2D eigenvalue weighted by Gasteiger charge is 2.42. The van der Waals surface area contributed by atoms with E-state index in [4.69, 9.17) is 10.8 Å². The van der Waals surface area contributed by atoms with Gasteiger partial charge >= 0.3 is 12.1 Å². The molecule has 106 valence electrons. The van der Waals surface area contributed by atoms with Crippen LogP contribution < -0.4 is 5.73 Å². The molecule has 0 spiro atoms. The van der Waals surface area contributed by atoms with Crippen molar-refractivity contribution in [2.75, 3.05) is 0 Å². The van der Waals surface area contributed by atoms with Gasteiger partial charge in [-0.15, -0.1) is 0 Å². The second-order valence-corrected chi connectivity index (χ2v) is 4.03. The van der Waals surface area contributed by atoms with Gasteiger partial charge in [-0.05, 0) is 17.7 Å². The van der Waals surface area contributed by atoms with Gasteiger partial charge in [0.2, 0.25) is 0 Å². The molecule has 0 aliphatic rings. The first kappa shape index (κ1) is 15.4. The number of benzene rings is 1. The number of aliphatic carboxylic acids is 1. The molecule has 8 heteroatoms. The van der Waals surface area contributed by atoms with Gasteiger partial charge in [0.1, 0.15) is 5.82 Å². The number of carbonyl (C=O) groups is 1. The molecule has 0 saturated heterocycles. The van der Waals surface area contributed by atoms with Crippen LogP contribution in [0.4, 0.5) is 22.0 Å². The van der Waals surface area contributed by atoms with Crippen molar-refractivity contribution in [1.82, 2.24) is 0 Å². The third-order valence-electron chi connectivity index (χ3n) is 2.75. The lowest BCUT2D eigenvalue weighted by molar-refractivity contribution is -0.152. The number of carboxylic acids is 1. The van der Waals surface area contributed by atoms with Gasteiger partial charge in [-0.1, -0.05) is 13.0 Å². The highest BCUT2D eigenvalue weighted by Crippen LogP contribution is 2.35. The molecule has 19 heavy (non-hydrogen) atoms. The molecule has 2 atom stereocenters. The molecular weight excluding hydrogens is 273 g/mol. The van der Waals surface area contributed by atoms with Crippen LogP contribution in [0.3, 0.4) is 0 Å². The third-order valence-corrected chi connectivity index (χ3v) is 2.75. The maximum Gasteiger partial charge on any atom is 0.419 e. The summed E-state index contributed by atoms with van der Waals surface area (Å²) >= 11 is 0. The van der Waals surface area contributed by atoms with E-state index < -0.39 is 35.2 Å². The van der Waals surface area contributed by atoms with E-state index in [1.54, 1.807) is 0 Å². The van der Waals surface area contributed by atoms with Crippen LogP contribution >= 0.6 is 0 Å². The van der Waals surface area contributed by atoms with Gasteiger partial charge in [0, 0.05) is 5.92 Å². The van der Waals surface area contributed by atoms with Gasteiger partial charge in [0.05, 0.1) is 5.56 Å². The second kappa shape index (κ2) is 4.76. The minimum atomic E-state index is -4.96. The predicted octanol–water partition coefficient (Wildman–Crippen LogP) is 2.66. The smallest absolute Gasteiger partial charge is 0.419 e. The molecule has 0 saturated carbocycles. The van der Waals surface area contributed by atoms with Crippen molar-refractivity contribution in [3.63, 3.8) is 0 Å². The maximum atomic E-state index is 13.6. The fraction of sp³-hybridized carbons (Fsp3) is 0.364. The fourth-order valence-corrected chi connectivity index (χ4v) is 1.46. The zero-order valence-corrected chi connectivity index (χ0v) is 9.63. The standard InChI is InChI=1S/C11H10F5NO2/c1-5(10(13,17)9(18)19)6-2-3-8(12)7(4-6)11(14,15)16/h2-5H,17H2,1H3,(H,18,19). The van der Waals surface area contributed by atoms with Crippen LogP contribution in [0.2, 0.25) is 0 Å². The first-order valence-electron chi connectivity index (χ1n) is 5.05. The summed E-state index contributed by atoms with van der Waals surface area (Å²) < 4.78 is 64.0. The molecule has 2 unspecified atom stereocenters. The van der Waals surface area contributed by atoms with Gasteiger partial charge in [-0.3, -0.25) is 5.73 Å². The number of carboxylic acid groups (broad SMARTS) is 1. The fourth-order valence-electron chi connectivity index (χ4n) is 1.46. The highest BCUT2D eigenvalue weighted by molar-refractivity contribution is 5.77. The van der Waals surface area contributed by atoms with Crippen molar-refractivity contribution in [3.05, 3.63) is 35.1 Å². The highest BCUT2D eigenvalue weighted by atomic mass is 19.4. The summed E-state index contributed by atoms with van der Waals surface area (Å²) in [6.45, 7) is 1.00. The Morgan fingerprint density at radius 1 is 1.32 bits per heavy atom. The number of rotatable bonds is 3. The van der Waals surface area contributed by atoms with E-state index >= 15 is 0 Å². The molecule has 3 N–H and O–H groups in total. The number of hydrogen-bond donors (Lipinski definition) is 2. The summed E-state index contributed by atoms with van der Waals surface area (Å²) in [4.78, 5) is 10.6. The molecule has 0 aliphatic carbocycles. The summed E-state index contributed by atoms with van der Waals surface area (Å²) in [5.74, 6) is -8.37. The Labute approximate surface area is 104 Å². The molecule has 0 amide bonds. The van der Waals surface area contributed by atoms with Gasteiger partial charge in [0.25, 0.3) is 5.79 Å². The maximum absolute atomic E-state index is 13.6. The molecule has 3 nitrogen and oxygen atoms in total. The Kier molecular flexibility index (Phi) is 3.85. The molecule has 0 radical (unpaired) electrons. The third kappa shape index (κ3) is 3.01. The van der Waals surface area contributed by atoms with E-state index in [2.05, 4.69) is 0 Å². The largest absolute Gasteiger partial charge is 0.478 e. The summed E-state index contributed by atoms with van der Waals surface area (Å²) in [7, 11) is 0. The van der Waals surface area contributed by atoms with Crippen LogP contribution in [0.5, 0.6) is 0 Å². The second-order valence-electron chi connectivity index (χ2n) is 4.03. The van der Waals surface area contributed by atoms with Crippen LogP contribution in [-0.2, 0) is 11.0 Å². The minimum absolute atomic E-state index is 0.351. The first-order valence-corrected chi connectivity index (χ1v) is 5.05. The molecule has 0 bridgehead atoms. The number of hydrogen-bond acceptors (Lipinski definition) is 2. The van der Waals surface area contributed by atoms with Gasteiger partial charge in [0.15, 0.2) is 0 Å². The Morgan fingerprint density at radius 3 is 2.26 bits per heavy atom. The minimum Gasteiger partial charge on any atom is -0.478 e. The van der Waals surface area contributed by atoms with Crippen LogP contribution in [0.25, 0.3) is 0 Å². The van der Waals surface area contributed by atoms with Crippen LogP contribution in [-0.4, -0.2) is 16.9 Å². The van der Waals surface area contributed by atoms with Gasteiger partial charge < -0.3 is 5.11 Å². The van der Waals surface area contributed by atoms with Crippen molar-refractivity contribution in [1.29, 1.82) is 0 Å². The predicted molar refractivity (Wildman–Crippen MR) is 55.5 cm³/mol. The van der Waals surface area contributed by atoms with Crippen molar-refractivity contribution < 1.29 is 31.9 Å². The number of halogens is 5. The Hall–Kier alpha value is -1.70. The quantitative estimate of drug-likeness (QED) is 0.662.